The summed E-state index contributed by atoms with van der Waals surface area (Å²) in [5, 5.41) is 0. The van der Waals surface area contributed by atoms with Crippen LogP contribution in [0.25, 0.3) is 0 Å². The zero-order chi connectivity index (χ0) is 22.7. The van der Waals surface area contributed by atoms with E-state index in [0.717, 1.165) is 38.7 Å². The van der Waals surface area contributed by atoms with Crippen molar-refractivity contribution in [2.75, 3.05) is 26.4 Å². The van der Waals surface area contributed by atoms with E-state index in [1.807, 2.05) is 19.9 Å². The van der Waals surface area contributed by atoms with Gasteiger partial charge in [-0.25, -0.2) is 0 Å². The molecular formula is C26H44O5. The molecule has 0 aromatic rings. The van der Waals surface area contributed by atoms with Crippen LogP contribution in [0.5, 0.6) is 0 Å². The Morgan fingerprint density at radius 1 is 1.00 bits per heavy atom. The molecular weight excluding hydrogens is 392 g/mol. The van der Waals surface area contributed by atoms with E-state index in [2.05, 4.69) is 19.1 Å². The number of carbonyl (C=O) groups excluding carboxylic acids is 2. The molecule has 0 heterocycles. The molecule has 1 aliphatic carbocycles. The van der Waals surface area contributed by atoms with Crippen LogP contribution in [0, 0.1) is 11.8 Å². The van der Waals surface area contributed by atoms with Gasteiger partial charge in [0.25, 0.3) is 0 Å². The van der Waals surface area contributed by atoms with E-state index >= 15 is 0 Å². The van der Waals surface area contributed by atoms with E-state index in [1.54, 1.807) is 6.08 Å². The molecule has 0 amide bonds. The van der Waals surface area contributed by atoms with Crippen molar-refractivity contribution in [1.82, 2.24) is 0 Å². The molecule has 0 aliphatic heterocycles. The topological polar surface area (TPSA) is 61.8 Å². The maximum Gasteiger partial charge on any atom is 0.306 e. The van der Waals surface area contributed by atoms with E-state index in [0.29, 0.717) is 26.2 Å². The number of ketones is 1. The Morgan fingerprint density at radius 3 is 2.48 bits per heavy atom. The lowest BCUT2D eigenvalue weighted by Gasteiger charge is -2.16. The van der Waals surface area contributed by atoms with E-state index in [4.69, 9.17) is 14.2 Å². The first kappa shape index (κ1) is 27.6. The second kappa shape index (κ2) is 18.1. The van der Waals surface area contributed by atoms with Gasteiger partial charge in [0.2, 0.25) is 0 Å². The lowest BCUT2D eigenvalue weighted by atomic mass is 9.89. The first-order valence-corrected chi connectivity index (χ1v) is 12.3. The Hall–Kier alpha value is -1.46. The minimum Gasteiger partial charge on any atom is -0.463 e. The summed E-state index contributed by atoms with van der Waals surface area (Å²) in [5.74, 6) is 0.334. The van der Waals surface area contributed by atoms with Crippen molar-refractivity contribution >= 4 is 11.8 Å². The third-order valence-electron chi connectivity index (χ3n) is 5.43. The average molecular weight is 437 g/mol. The summed E-state index contributed by atoms with van der Waals surface area (Å²) in [6.45, 7) is 8.67. The molecule has 0 aromatic carbocycles. The zero-order valence-corrected chi connectivity index (χ0v) is 20.0. The molecule has 0 bridgehead atoms. The lowest BCUT2D eigenvalue weighted by molar-refractivity contribution is -0.147. The Labute approximate surface area is 189 Å². The van der Waals surface area contributed by atoms with Gasteiger partial charge in [0.15, 0.2) is 5.78 Å². The molecule has 0 N–H and O–H groups in total. The predicted octanol–water partition coefficient (Wildman–Crippen LogP) is 5.82. The fraction of sp³-hybridized carbons (Fsp3) is 0.769. The van der Waals surface area contributed by atoms with Gasteiger partial charge in [0.1, 0.15) is 0 Å². The largest absolute Gasteiger partial charge is 0.463 e. The molecule has 0 saturated heterocycles. The lowest BCUT2D eigenvalue weighted by Crippen LogP contribution is -2.17. The summed E-state index contributed by atoms with van der Waals surface area (Å²) in [7, 11) is 0. The molecule has 1 unspecified atom stereocenters. The second-order valence-corrected chi connectivity index (χ2v) is 8.60. The maximum atomic E-state index is 12.2. The van der Waals surface area contributed by atoms with Gasteiger partial charge in [-0.2, -0.15) is 0 Å². The number of unbranched alkanes of at least 4 members (excludes halogenated alkanes) is 5. The van der Waals surface area contributed by atoms with Crippen molar-refractivity contribution in [3.8, 4) is 0 Å². The van der Waals surface area contributed by atoms with Crippen LogP contribution in [0.3, 0.4) is 0 Å². The van der Waals surface area contributed by atoms with E-state index in [1.165, 1.54) is 25.7 Å². The molecule has 1 rings (SSSR count). The minimum atomic E-state index is -0.143. The van der Waals surface area contributed by atoms with Gasteiger partial charge < -0.3 is 14.2 Å². The third-order valence-corrected chi connectivity index (χ3v) is 5.43. The van der Waals surface area contributed by atoms with Gasteiger partial charge in [-0.05, 0) is 57.9 Å². The molecule has 1 aliphatic rings. The smallest absolute Gasteiger partial charge is 0.306 e. The van der Waals surface area contributed by atoms with Gasteiger partial charge in [-0.3, -0.25) is 9.59 Å². The molecule has 5 nitrogen and oxygen atoms in total. The molecule has 31 heavy (non-hydrogen) atoms. The van der Waals surface area contributed by atoms with Crippen LogP contribution in [-0.2, 0) is 23.8 Å². The minimum absolute atomic E-state index is 0.0186. The molecule has 0 radical (unpaired) electrons. The SMILES string of the molecule is CCCCCCCOCCOCC[C@H]1C=CC(=O)C1C/C=C\CCCC(=O)OC(C)C. The van der Waals surface area contributed by atoms with Crippen molar-refractivity contribution in [2.45, 2.75) is 91.1 Å². The van der Waals surface area contributed by atoms with Crippen molar-refractivity contribution < 1.29 is 23.8 Å². The Morgan fingerprint density at radius 2 is 1.74 bits per heavy atom. The molecule has 178 valence electrons. The number of esters is 1. The Kier molecular flexibility index (Phi) is 16.1. The highest BCUT2D eigenvalue weighted by molar-refractivity contribution is 5.94. The van der Waals surface area contributed by atoms with Crippen LogP contribution in [0.1, 0.15) is 85.0 Å². The summed E-state index contributed by atoms with van der Waals surface area (Å²) >= 11 is 0. The van der Waals surface area contributed by atoms with E-state index in [9.17, 15) is 9.59 Å². The van der Waals surface area contributed by atoms with Crippen LogP contribution in [0.15, 0.2) is 24.3 Å². The van der Waals surface area contributed by atoms with Crippen LogP contribution >= 0.6 is 0 Å². The van der Waals surface area contributed by atoms with Crippen LogP contribution in [0.4, 0.5) is 0 Å². The molecule has 0 saturated carbocycles. The van der Waals surface area contributed by atoms with Gasteiger partial charge >= 0.3 is 5.97 Å². The van der Waals surface area contributed by atoms with Crippen LogP contribution in [0.2, 0.25) is 0 Å². The molecule has 5 heteroatoms. The van der Waals surface area contributed by atoms with Gasteiger partial charge in [0.05, 0.1) is 19.3 Å². The van der Waals surface area contributed by atoms with Crippen molar-refractivity contribution in [2.24, 2.45) is 11.8 Å². The first-order valence-electron chi connectivity index (χ1n) is 12.3. The van der Waals surface area contributed by atoms with Crippen molar-refractivity contribution in [3.05, 3.63) is 24.3 Å². The van der Waals surface area contributed by atoms with Crippen LogP contribution in [-0.4, -0.2) is 44.3 Å². The Bertz CT molecular complexity index is 538. The standard InChI is InChI=1S/C26H44O5/c1-4-5-6-9-12-18-29-20-21-30-19-17-23-15-16-25(27)24(23)13-10-7-8-11-14-26(28)31-22(2)3/h7,10,15-16,22-24H,4-6,8-9,11-14,17-21H2,1-3H3/b10-7-/t23-,24?/m1/s1. The Balaban J connectivity index is 2.07. The molecule has 0 spiro atoms. The third kappa shape index (κ3) is 14.3. The number of carbonyl (C=O) groups is 2. The predicted molar refractivity (Wildman–Crippen MR) is 125 cm³/mol. The summed E-state index contributed by atoms with van der Waals surface area (Å²) < 4.78 is 16.4. The highest BCUT2D eigenvalue weighted by atomic mass is 16.5. The molecule has 0 aromatic heterocycles. The fourth-order valence-electron chi connectivity index (χ4n) is 3.67. The van der Waals surface area contributed by atoms with Crippen LogP contribution < -0.4 is 0 Å². The van der Waals surface area contributed by atoms with Crippen molar-refractivity contribution in [3.63, 3.8) is 0 Å². The quantitative estimate of drug-likeness (QED) is 0.145. The van der Waals surface area contributed by atoms with E-state index in [-0.39, 0.29) is 29.7 Å². The average Bonchev–Trinajstić information content (AvgIpc) is 3.07. The number of hydrogen-bond donors (Lipinski definition) is 0. The summed E-state index contributed by atoms with van der Waals surface area (Å²) in [5.41, 5.74) is 0. The summed E-state index contributed by atoms with van der Waals surface area (Å²) in [6.07, 6.45) is 17.7. The number of hydrogen-bond acceptors (Lipinski definition) is 5. The molecule has 2 atom stereocenters. The zero-order valence-electron chi connectivity index (χ0n) is 20.0. The second-order valence-electron chi connectivity index (χ2n) is 8.60. The van der Waals surface area contributed by atoms with Gasteiger partial charge in [0, 0.05) is 25.6 Å². The van der Waals surface area contributed by atoms with E-state index < -0.39 is 0 Å². The molecule has 0 fully saturated rings. The monoisotopic (exact) mass is 436 g/mol. The van der Waals surface area contributed by atoms with Gasteiger partial charge in [-0.1, -0.05) is 50.8 Å². The summed E-state index contributed by atoms with van der Waals surface area (Å²) in [6, 6.07) is 0. The maximum absolute atomic E-state index is 12.2. The number of rotatable bonds is 19. The number of allylic oxidation sites excluding steroid dienone is 4. The normalized spacial score (nSPS) is 18.5. The first-order chi connectivity index (χ1) is 15.0. The number of ether oxygens (including phenoxy) is 3. The summed E-state index contributed by atoms with van der Waals surface area (Å²) in [4.78, 5) is 23.7. The fourth-order valence-corrected chi connectivity index (χ4v) is 3.67. The van der Waals surface area contributed by atoms with Crippen molar-refractivity contribution in [1.29, 1.82) is 0 Å². The van der Waals surface area contributed by atoms with Gasteiger partial charge in [-0.15, -0.1) is 0 Å². The highest BCUT2D eigenvalue weighted by Crippen LogP contribution is 2.28. The highest BCUT2D eigenvalue weighted by Gasteiger charge is 2.28.